The van der Waals surface area contributed by atoms with Crippen LogP contribution in [-0.2, 0) is 0 Å². The van der Waals surface area contributed by atoms with Crippen molar-refractivity contribution >= 4 is 39.7 Å². The molecule has 3 nitrogen and oxygen atoms in total. The SMILES string of the molecule is Clc1ccccc1-c1nc2ccc3ccccc3n2c1Nc1ccccc1. The molecule has 0 fully saturated rings. The number of fused-ring (bicyclic) bond motifs is 3. The van der Waals surface area contributed by atoms with Gasteiger partial charge in [-0.1, -0.05) is 66.2 Å². The fraction of sp³-hybridized carbons (Fsp3) is 0. The number of pyridine rings is 1. The van der Waals surface area contributed by atoms with Gasteiger partial charge in [0.25, 0.3) is 0 Å². The van der Waals surface area contributed by atoms with E-state index in [1.165, 1.54) is 0 Å². The van der Waals surface area contributed by atoms with Crippen LogP contribution in [-0.4, -0.2) is 9.38 Å². The highest BCUT2D eigenvalue weighted by Gasteiger charge is 2.18. The van der Waals surface area contributed by atoms with Crippen molar-refractivity contribution in [2.24, 2.45) is 0 Å². The number of para-hydroxylation sites is 2. The van der Waals surface area contributed by atoms with Crippen LogP contribution in [0.5, 0.6) is 0 Å². The van der Waals surface area contributed by atoms with Crippen LogP contribution in [0.3, 0.4) is 0 Å². The number of benzene rings is 3. The molecule has 0 amide bonds. The molecular formula is C23H16ClN3. The molecule has 1 N–H and O–H groups in total. The third-order valence-electron chi connectivity index (χ3n) is 4.66. The third-order valence-corrected chi connectivity index (χ3v) is 4.99. The van der Waals surface area contributed by atoms with Crippen LogP contribution in [0.4, 0.5) is 11.5 Å². The van der Waals surface area contributed by atoms with E-state index in [0.29, 0.717) is 5.02 Å². The largest absolute Gasteiger partial charge is 0.339 e. The number of imidazole rings is 1. The Morgan fingerprint density at radius 3 is 2.33 bits per heavy atom. The lowest BCUT2D eigenvalue weighted by Gasteiger charge is -2.11. The average molecular weight is 370 g/mol. The summed E-state index contributed by atoms with van der Waals surface area (Å²) >= 11 is 6.50. The van der Waals surface area contributed by atoms with Gasteiger partial charge in [0.1, 0.15) is 17.2 Å². The van der Waals surface area contributed by atoms with Gasteiger partial charge < -0.3 is 5.32 Å². The molecule has 5 rings (SSSR count). The Morgan fingerprint density at radius 2 is 1.48 bits per heavy atom. The number of halogens is 1. The summed E-state index contributed by atoms with van der Waals surface area (Å²) in [6.07, 6.45) is 0. The molecule has 2 aromatic heterocycles. The highest BCUT2D eigenvalue weighted by Crippen LogP contribution is 2.36. The van der Waals surface area contributed by atoms with Gasteiger partial charge in [-0.05, 0) is 41.8 Å². The number of rotatable bonds is 3. The molecule has 0 aliphatic rings. The molecule has 4 heteroatoms. The van der Waals surface area contributed by atoms with Crippen LogP contribution in [0.1, 0.15) is 0 Å². The van der Waals surface area contributed by atoms with Crippen molar-refractivity contribution in [2.75, 3.05) is 5.32 Å². The van der Waals surface area contributed by atoms with E-state index in [4.69, 9.17) is 16.6 Å². The molecule has 130 valence electrons. The minimum Gasteiger partial charge on any atom is -0.339 e. The van der Waals surface area contributed by atoms with Crippen molar-refractivity contribution in [1.82, 2.24) is 9.38 Å². The van der Waals surface area contributed by atoms with Crippen LogP contribution >= 0.6 is 11.6 Å². The molecule has 0 bridgehead atoms. The Morgan fingerprint density at radius 1 is 0.741 bits per heavy atom. The molecule has 0 atom stereocenters. The van der Waals surface area contributed by atoms with Crippen LogP contribution in [0.2, 0.25) is 5.02 Å². The Kier molecular flexibility index (Phi) is 3.80. The molecule has 27 heavy (non-hydrogen) atoms. The lowest BCUT2D eigenvalue weighted by molar-refractivity contribution is 1.25. The van der Waals surface area contributed by atoms with Crippen molar-refractivity contribution in [2.45, 2.75) is 0 Å². The summed E-state index contributed by atoms with van der Waals surface area (Å²) in [5.41, 5.74) is 4.72. The van der Waals surface area contributed by atoms with Gasteiger partial charge in [-0.15, -0.1) is 0 Å². The van der Waals surface area contributed by atoms with E-state index in [0.717, 1.165) is 39.3 Å². The molecule has 0 spiro atoms. The van der Waals surface area contributed by atoms with Crippen molar-refractivity contribution in [3.8, 4) is 11.3 Å². The molecule has 2 heterocycles. The van der Waals surface area contributed by atoms with Gasteiger partial charge >= 0.3 is 0 Å². The van der Waals surface area contributed by atoms with Crippen molar-refractivity contribution in [1.29, 1.82) is 0 Å². The molecule has 3 aromatic carbocycles. The van der Waals surface area contributed by atoms with E-state index >= 15 is 0 Å². The highest BCUT2D eigenvalue weighted by atomic mass is 35.5. The van der Waals surface area contributed by atoms with E-state index in [1.807, 2.05) is 72.8 Å². The normalized spacial score (nSPS) is 11.1. The first-order chi connectivity index (χ1) is 13.3. The van der Waals surface area contributed by atoms with Crippen molar-refractivity contribution in [3.63, 3.8) is 0 Å². The lowest BCUT2D eigenvalue weighted by Crippen LogP contribution is -1.98. The Balaban J connectivity index is 1.85. The maximum Gasteiger partial charge on any atom is 0.143 e. The number of hydrogen-bond donors (Lipinski definition) is 1. The van der Waals surface area contributed by atoms with Gasteiger partial charge in [-0.25, -0.2) is 4.98 Å². The van der Waals surface area contributed by atoms with Crippen LogP contribution in [0.25, 0.3) is 27.8 Å². The second-order valence-corrected chi connectivity index (χ2v) is 6.77. The smallest absolute Gasteiger partial charge is 0.143 e. The Labute approximate surface area is 161 Å². The Hall–Kier alpha value is -3.30. The summed E-state index contributed by atoms with van der Waals surface area (Å²) in [5, 5.41) is 5.39. The summed E-state index contributed by atoms with van der Waals surface area (Å²) in [5.74, 6) is 0.904. The first-order valence-corrected chi connectivity index (χ1v) is 9.16. The van der Waals surface area contributed by atoms with E-state index in [-0.39, 0.29) is 0 Å². The summed E-state index contributed by atoms with van der Waals surface area (Å²) in [7, 11) is 0. The molecule has 0 aliphatic carbocycles. The molecular weight excluding hydrogens is 354 g/mol. The predicted octanol–water partition coefficient (Wildman–Crippen LogP) is 6.55. The third kappa shape index (κ3) is 2.73. The summed E-state index contributed by atoms with van der Waals surface area (Å²) in [6, 6.07) is 30.4. The standard InChI is InChI=1S/C23H16ClN3/c24-19-12-6-5-11-18(19)22-23(25-17-9-2-1-3-10-17)27-20-13-7-4-8-16(20)14-15-21(27)26-22/h1-15,25H. The maximum absolute atomic E-state index is 6.50. The topological polar surface area (TPSA) is 29.3 Å². The first kappa shape index (κ1) is 15.9. The second-order valence-electron chi connectivity index (χ2n) is 6.37. The minimum absolute atomic E-state index is 0.682. The van der Waals surface area contributed by atoms with Gasteiger partial charge in [0.05, 0.1) is 10.5 Å². The number of hydrogen-bond acceptors (Lipinski definition) is 2. The van der Waals surface area contributed by atoms with Gasteiger partial charge in [-0.2, -0.15) is 0 Å². The van der Waals surface area contributed by atoms with Crippen LogP contribution < -0.4 is 5.32 Å². The van der Waals surface area contributed by atoms with E-state index < -0.39 is 0 Å². The minimum atomic E-state index is 0.682. The van der Waals surface area contributed by atoms with E-state index in [2.05, 4.69) is 27.9 Å². The predicted molar refractivity (Wildman–Crippen MR) is 113 cm³/mol. The monoisotopic (exact) mass is 369 g/mol. The first-order valence-electron chi connectivity index (χ1n) is 8.78. The van der Waals surface area contributed by atoms with Crippen molar-refractivity contribution < 1.29 is 0 Å². The lowest BCUT2D eigenvalue weighted by atomic mass is 10.1. The maximum atomic E-state index is 6.50. The molecule has 5 aromatic rings. The summed E-state index contributed by atoms with van der Waals surface area (Å²) in [6.45, 7) is 0. The van der Waals surface area contributed by atoms with Crippen LogP contribution in [0.15, 0.2) is 91.0 Å². The van der Waals surface area contributed by atoms with Gasteiger partial charge in [0.15, 0.2) is 0 Å². The molecule has 0 saturated heterocycles. The molecule has 0 saturated carbocycles. The second kappa shape index (κ2) is 6.45. The molecule has 0 aliphatic heterocycles. The Bertz CT molecular complexity index is 1260. The van der Waals surface area contributed by atoms with Gasteiger partial charge in [0, 0.05) is 11.3 Å². The molecule has 0 radical (unpaired) electrons. The van der Waals surface area contributed by atoms with Gasteiger partial charge in [-0.3, -0.25) is 4.40 Å². The fourth-order valence-electron chi connectivity index (χ4n) is 3.40. The average Bonchev–Trinajstić information content (AvgIpc) is 3.08. The summed E-state index contributed by atoms with van der Waals surface area (Å²) in [4.78, 5) is 4.91. The van der Waals surface area contributed by atoms with Gasteiger partial charge in [0.2, 0.25) is 0 Å². The zero-order chi connectivity index (χ0) is 18.2. The van der Waals surface area contributed by atoms with Crippen LogP contribution in [0, 0.1) is 0 Å². The number of anilines is 2. The zero-order valence-electron chi connectivity index (χ0n) is 14.4. The quantitative estimate of drug-likeness (QED) is 0.390. The zero-order valence-corrected chi connectivity index (χ0v) is 15.2. The number of nitrogens with one attached hydrogen (secondary N) is 1. The van der Waals surface area contributed by atoms with E-state index in [9.17, 15) is 0 Å². The summed E-state index contributed by atoms with van der Waals surface area (Å²) < 4.78 is 2.15. The highest BCUT2D eigenvalue weighted by molar-refractivity contribution is 6.33. The number of nitrogens with zero attached hydrogens (tertiary/aromatic N) is 2. The fourth-order valence-corrected chi connectivity index (χ4v) is 3.63. The van der Waals surface area contributed by atoms with E-state index in [1.54, 1.807) is 0 Å². The number of aromatic nitrogens is 2. The molecule has 0 unspecified atom stereocenters. The van der Waals surface area contributed by atoms with Crippen molar-refractivity contribution in [3.05, 3.63) is 96.0 Å².